The highest BCUT2D eigenvalue weighted by molar-refractivity contribution is 5.75. The van der Waals surface area contributed by atoms with Crippen molar-refractivity contribution in [1.29, 1.82) is 5.26 Å². The van der Waals surface area contributed by atoms with Gasteiger partial charge in [0.05, 0.1) is 23.6 Å². The standard InChI is InChI=1S/C13H16N4/c1-2-17-12-7-4-3-6-11(12)16-13(17)10-15-9-5-8-14/h3-4,6-7,15H,2,5,9-10H2,1H3. The molecule has 0 spiro atoms. The summed E-state index contributed by atoms with van der Waals surface area (Å²) in [5.41, 5.74) is 2.21. The Bertz CT molecular complexity index is 536. The smallest absolute Gasteiger partial charge is 0.123 e. The molecular weight excluding hydrogens is 212 g/mol. The second-order valence-corrected chi connectivity index (χ2v) is 3.85. The lowest BCUT2D eigenvalue weighted by Gasteiger charge is -2.06. The Kier molecular flexibility index (Phi) is 3.73. The predicted molar refractivity (Wildman–Crippen MR) is 67.3 cm³/mol. The maximum absolute atomic E-state index is 8.47. The summed E-state index contributed by atoms with van der Waals surface area (Å²) in [5.74, 6) is 1.03. The van der Waals surface area contributed by atoms with E-state index in [9.17, 15) is 0 Å². The normalized spacial score (nSPS) is 10.6. The van der Waals surface area contributed by atoms with E-state index in [1.165, 1.54) is 5.52 Å². The van der Waals surface area contributed by atoms with Gasteiger partial charge in [-0.15, -0.1) is 0 Å². The van der Waals surface area contributed by atoms with Crippen LogP contribution < -0.4 is 5.32 Å². The molecule has 0 unspecified atom stereocenters. The molecule has 17 heavy (non-hydrogen) atoms. The maximum Gasteiger partial charge on any atom is 0.123 e. The summed E-state index contributed by atoms with van der Waals surface area (Å²) >= 11 is 0. The molecule has 1 aromatic carbocycles. The number of nitriles is 1. The van der Waals surface area contributed by atoms with Crippen LogP contribution in [0.25, 0.3) is 11.0 Å². The average Bonchev–Trinajstić information content (AvgIpc) is 2.72. The number of benzene rings is 1. The van der Waals surface area contributed by atoms with E-state index in [2.05, 4.69) is 33.9 Å². The number of imidazole rings is 1. The van der Waals surface area contributed by atoms with Crippen molar-refractivity contribution in [3.8, 4) is 6.07 Å². The van der Waals surface area contributed by atoms with Crippen LogP contribution in [0.4, 0.5) is 0 Å². The SMILES string of the molecule is CCn1c(CNCCC#N)nc2ccccc21. The Hall–Kier alpha value is -1.86. The zero-order chi connectivity index (χ0) is 12.1. The van der Waals surface area contributed by atoms with E-state index >= 15 is 0 Å². The zero-order valence-electron chi connectivity index (χ0n) is 9.98. The van der Waals surface area contributed by atoms with E-state index in [0.29, 0.717) is 19.5 Å². The molecule has 0 aliphatic heterocycles. The fraction of sp³-hybridized carbons (Fsp3) is 0.385. The van der Waals surface area contributed by atoms with Crippen LogP contribution in [0.3, 0.4) is 0 Å². The topological polar surface area (TPSA) is 53.6 Å². The van der Waals surface area contributed by atoms with Gasteiger partial charge in [-0.3, -0.25) is 0 Å². The van der Waals surface area contributed by atoms with Gasteiger partial charge in [-0.2, -0.15) is 5.26 Å². The summed E-state index contributed by atoms with van der Waals surface area (Å²) in [6, 6.07) is 10.3. The lowest BCUT2D eigenvalue weighted by molar-refractivity contribution is 0.626. The van der Waals surface area contributed by atoms with Gasteiger partial charge in [-0.05, 0) is 19.1 Å². The van der Waals surface area contributed by atoms with Gasteiger partial charge >= 0.3 is 0 Å². The Labute approximate surface area is 101 Å². The number of hydrogen-bond acceptors (Lipinski definition) is 3. The summed E-state index contributed by atoms with van der Waals surface area (Å²) in [4.78, 5) is 4.60. The van der Waals surface area contributed by atoms with Gasteiger partial charge in [0.1, 0.15) is 5.82 Å². The van der Waals surface area contributed by atoms with Crippen molar-refractivity contribution in [3.05, 3.63) is 30.1 Å². The van der Waals surface area contributed by atoms with Gasteiger partial charge in [0.15, 0.2) is 0 Å². The predicted octanol–water partition coefficient (Wildman–Crippen LogP) is 2.06. The molecule has 0 atom stereocenters. The van der Waals surface area contributed by atoms with Crippen LogP contribution in [0.1, 0.15) is 19.2 Å². The molecule has 0 bridgehead atoms. The first-order valence-corrected chi connectivity index (χ1v) is 5.88. The summed E-state index contributed by atoms with van der Waals surface area (Å²) in [6.07, 6.45) is 0.534. The van der Waals surface area contributed by atoms with Crippen molar-refractivity contribution < 1.29 is 0 Å². The fourth-order valence-electron chi connectivity index (χ4n) is 1.96. The first-order valence-electron chi connectivity index (χ1n) is 5.88. The Morgan fingerprint density at radius 3 is 3.00 bits per heavy atom. The second kappa shape index (κ2) is 5.46. The maximum atomic E-state index is 8.47. The largest absolute Gasteiger partial charge is 0.327 e. The lowest BCUT2D eigenvalue weighted by atomic mass is 10.3. The molecule has 88 valence electrons. The highest BCUT2D eigenvalue weighted by Crippen LogP contribution is 2.15. The molecule has 0 saturated heterocycles. The second-order valence-electron chi connectivity index (χ2n) is 3.85. The molecule has 2 rings (SSSR count). The summed E-state index contributed by atoms with van der Waals surface area (Å²) in [6.45, 7) is 4.45. The molecule has 0 aliphatic rings. The van der Waals surface area contributed by atoms with E-state index in [0.717, 1.165) is 17.9 Å². The van der Waals surface area contributed by atoms with Gasteiger partial charge in [0.2, 0.25) is 0 Å². The quantitative estimate of drug-likeness (QED) is 0.797. The molecule has 0 saturated carbocycles. The molecular formula is C13H16N4. The summed E-state index contributed by atoms with van der Waals surface area (Å²) < 4.78 is 2.20. The Balaban J connectivity index is 2.19. The highest BCUT2D eigenvalue weighted by Gasteiger charge is 2.07. The minimum atomic E-state index is 0.534. The van der Waals surface area contributed by atoms with Crippen LogP contribution in [-0.2, 0) is 13.1 Å². The zero-order valence-corrected chi connectivity index (χ0v) is 9.98. The van der Waals surface area contributed by atoms with E-state index in [-0.39, 0.29) is 0 Å². The number of nitrogens with zero attached hydrogens (tertiary/aromatic N) is 3. The van der Waals surface area contributed by atoms with E-state index in [4.69, 9.17) is 5.26 Å². The van der Waals surface area contributed by atoms with Crippen LogP contribution >= 0.6 is 0 Å². The molecule has 4 nitrogen and oxygen atoms in total. The number of nitrogens with one attached hydrogen (secondary N) is 1. The number of hydrogen-bond donors (Lipinski definition) is 1. The van der Waals surface area contributed by atoms with Crippen LogP contribution in [0.5, 0.6) is 0 Å². The number of aromatic nitrogens is 2. The molecule has 1 heterocycles. The van der Waals surface area contributed by atoms with Crippen molar-refractivity contribution in [2.24, 2.45) is 0 Å². The monoisotopic (exact) mass is 228 g/mol. The number of para-hydroxylation sites is 2. The fourth-order valence-corrected chi connectivity index (χ4v) is 1.96. The summed E-state index contributed by atoms with van der Waals surface area (Å²) in [5, 5.41) is 11.7. The van der Waals surface area contributed by atoms with Crippen LogP contribution in [0, 0.1) is 11.3 Å². The van der Waals surface area contributed by atoms with Crippen LogP contribution in [0.2, 0.25) is 0 Å². The molecule has 0 fully saturated rings. The number of rotatable bonds is 5. The van der Waals surface area contributed by atoms with Crippen molar-refractivity contribution >= 4 is 11.0 Å². The van der Waals surface area contributed by atoms with Crippen molar-refractivity contribution in [2.75, 3.05) is 6.54 Å². The van der Waals surface area contributed by atoms with E-state index < -0.39 is 0 Å². The number of aryl methyl sites for hydroxylation is 1. The minimum Gasteiger partial charge on any atom is -0.327 e. The van der Waals surface area contributed by atoms with Crippen molar-refractivity contribution in [1.82, 2.24) is 14.9 Å². The van der Waals surface area contributed by atoms with Crippen LogP contribution in [-0.4, -0.2) is 16.1 Å². The molecule has 4 heteroatoms. The number of fused-ring (bicyclic) bond motifs is 1. The van der Waals surface area contributed by atoms with Crippen LogP contribution in [0.15, 0.2) is 24.3 Å². The third-order valence-electron chi connectivity index (χ3n) is 2.75. The van der Waals surface area contributed by atoms with E-state index in [1.54, 1.807) is 0 Å². The minimum absolute atomic E-state index is 0.534. The average molecular weight is 228 g/mol. The van der Waals surface area contributed by atoms with Gasteiger partial charge < -0.3 is 9.88 Å². The Morgan fingerprint density at radius 2 is 2.24 bits per heavy atom. The van der Waals surface area contributed by atoms with E-state index in [1.807, 2.05) is 18.2 Å². The lowest BCUT2D eigenvalue weighted by Crippen LogP contribution is -2.17. The first kappa shape index (κ1) is 11.6. The molecule has 0 radical (unpaired) electrons. The molecule has 1 aromatic heterocycles. The molecule has 1 N–H and O–H groups in total. The highest BCUT2D eigenvalue weighted by atomic mass is 15.1. The third kappa shape index (κ3) is 2.45. The van der Waals surface area contributed by atoms with Crippen molar-refractivity contribution in [2.45, 2.75) is 26.4 Å². The molecule has 0 amide bonds. The molecule has 2 aromatic rings. The third-order valence-corrected chi connectivity index (χ3v) is 2.75. The van der Waals surface area contributed by atoms with Gasteiger partial charge in [0, 0.05) is 19.5 Å². The van der Waals surface area contributed by atoms with Gasteiger partial charge in [0.25, 0.3) is 0 Å². The summed E-state index contributed by atoms with van der Waals surface area (Å²) in [7, 11) is 0. The van der Waals surface area contributed by atoms with Gasteiger partial charge in [-0.1, -0.05) is 12.1 Å². The Morgan fingerprint density at radius 1 is 1.41 bits per heavy atom. The molecule has 0 aliphatic carbocycles. The van der Waals surface area contributed by atoms with Gasteiger partial charge in [-0.25, -0.2) is 4.98 Å². The van der Waals surface area contributed by atoms with Crippen molar-refractivity contribution in [3.63, 3.8) is 0 Å². The first-order chi connectivity index (χ1) is 8.36.